The summed E-state index contributed by atoms with van der Waals surface area (Å²) in [4.78, 5) is 21.3. The van der Waals surface area contributed by atoms with Crippen molar-refractivity contribution in [3.63, 3.8) is 0 Å². The molecule has 0 aliphatic heterocycles. The van der Waals surface area contributed by atoms with Gasteiger partial charge in [-0.3, -0.25) is 9.78 Å². The third-order valence-electron chi connectivity index (χ3n) is 5.32. The maximum absolute atomic E-state index is 13.2. The van der Waals surface area contributed by atoms with Crippen molar-refractivity contribution in [3.8, 4) is 22.4 Å². The molecule has 0 fully saturated rings. The molecule has 0 radical (unpaired) electrons. The fraction of sp³-hybridized carbons (Fsp3) is 0.0400. The number of amides is 1. The first-order valence-corrected chi connectivity index (χ1v) is 10.7. The molecule has 0 saturated carbocycles. The highest BCUT2D eigenvalue weighted by atomic mass is 35.5. The molecule has 5 rings (SSSR count). The Bertz CT molecular complexity index is 1550. The van der Waals surface area contributed by atoms with Gasteiger partial charge in [-0.25, -0.2) is 9.50 Å². The topological polar surface area (TPSA) is 72.2 Å². The summed E-state index contributed by atoms with van der Waals surface area (Å²) in [5.41, 5.74) is 2.93. The van der Waals surface area contributed by atoms with E-state index in [2.05, 4.69) is 20.4 Å². The number of anilines is 1. The minimum absolute atomic E-state index is 0.161. The summed E-state index contributed by atoms with van der Waals surface area (Å²) in [5, 5.41) is 6.64. The zero-order valence-corrected chi connectivity index (χ0v) is 18.5. The maximum atomic E-state index is 13.2. The van der Waals surface area contributed by atoms with Crippen LogP contribution in [-0.2, 0) is 6.18 Å². The van der Waals surface area contributed by atoms with Crippen molar-refractivity contribution in [2.45, 2.75) is 6.18 Å². The number of pyridine rings is 1. The smallest absolute Gasteiger partial charge is 0.322 e. The Morgan fingerprint density at radius 3 is 2.54 bits per heavy atom. The molecule has 0 aliphatic rings. The van der Waals surface area contributed by atoms with Crippen molar-refractivity contribution < 1.29 is 18.0 Å². The predicted octanol–water partition coefficient (Wildman–Crippen LogP) is 6.38. The van der Waals surface area contributed by atoms with E-state index >= 15 is 0 Å². The number of nitrogens with one attached hydrogen (secondary N) is 1. The van der Waals surface area contributed by atoms with Gasteiger partial charge in [0.25, 0.3) is 5.91 Å². The Hall–Kier alpha value is -4.24. The summed E-state index contributed by atoms with van der Waals surface area (Å²) < 4.78 is 41.2. The molecule has 10 heteroatoms. The number of fused-ring (bicyclic) bond motifs is 1. The Balaban J connectivity index is 1.46. The van der Waals surface area contributed by atoms with Crippen LogP contribution < -0.4 is 5.32 Å². The van der Waals surface area contributed by atoms with Crippen LogP contribution in [0.1, 0.15) is 15.9 Å². The van der Waals surface area contributed by atoms with E-state index in [4.69, 9.17) is 11.6 Å². The SMILES string of the molecule is O=C(Nc1cccc(-c2ccnc3c(-c4cccnc4)cnn23)c1)c1ccc(Cl)c(C(F)(F)F)c1. The van der Waals surface area contributed by atoms with Gasteiger partial charge in [0.2, 0.25) is 0 Å². The van der Waals surface area contributed by atoms with Crippen LogP contribution in [0.3, 0.4) is 0 Å². The lowest BCUT2D eigenvalue weighted by molar-refractivity contribution is -0.137. The third-order valence-corrected chi connectivity index (χ3v) is 5.65. The van der Waals surface area contributed by atoms with E-state index in [-0.39, 0.29) is 5.56 Å². The van der Waals surface area contributed by atoms with Gasteiger partial charge in [0.15, 0.2) is 5.65 Å². The average Bonchev–Trinajstić information content (AvgIpc) is 3.28. The number of benzene rings is 2. The van der Waals surface area contributed by atoms with Crippen LogP contribution in [0, 0.1) is 0 Å². The third kappa shape index (κ3) is 4.45. The van der Waals surface area contributed by atoms with Gasteiger partial charge in [-0.05, 0) is 42.5 Å². The van der Waals surface area contributed by atoms with Crippen LogP contribution in [0.2, 0.25) is 5.02 Å². The Kier molecular flexibility index (Phi) is 5.70. The summed E-state index contributed by atoms with van der Waals surface area (Å²) in [7, 11) is 0. The second-order valence-electron chi connectivity index (χ2n) is 7.59. The fourth-order valence-electron chi connectivity index (χ4n) is 3.68. The molecule has 3 aromatic heterocycles. The molecule has 0 atom stereocenters. The van der Waals surface area contributed by atoms with Gasteiger partial charge >= 0.3 is 6.18 Å². The molecule has 1 N–H and O–H groups in total. The van der Waals surface area contributed by atoms with Crippen LogP contribution in [0.4, 0.5) is 18.9 Å². The summed E-state index contributed by atoms with van der Waals surface area (Å²) in [6.07, 6.45) is 2.10. The quantitative estimate of drug-likeness (QED) is 0.315. The summed E-state index contributed by atoms with van der Waals surface area (Å²) >= 11 is 5.65. The van der Waals surface area contributed by atoms with Gasteiger partial charge in [-0.1, -0.05) is 29.8 Å². The first-order chi connectivity index (χ1) is 16.8. The number of carbonyl (C=O) groups is 1. The molecule has 0 bridgehead atoms. The maximum Gasteiger partial charge on any atom is 0.417 e. The molecule has 0 spiro atoms. The Morgan fingerprint density at radius 2 is 1.77 bits per heavy atom. The predicted molar refractivity (Wildman–Crippen MR) is 126 cm³/mol. The van der Waals surface area contributed by atoms with Crippen molar-refractivity contribution in [2.75, 3.05) is 5.32 Å². The van der Waals surface area contributed by atoms with Crippen molar-refractivity contribution in [2.24, 2.45) is 0 Å². The minimum Gasteiger partial charge on any atom is -0.322 e. The highest BCUT2D eigenvalue weighted by molar-refractivity contribution is 6.31. The number of hydrogen-bond donors (Lipinski definition) is 1. The monoisotopic (exact) mass is 493 g/mol. The van der Waals surface area contributed by atoms with Crippen molar-refractivity contribution in [1.29, 1.82) is 0 Å². The second kappa shape index (κ2) is 8.84. The number of nitrogens with zero attached hydrogens (tertiary/aromatic N) is 4. The number of carbonyl (C=O) groups excluding carboxylic acids is 1. The zero-order valence-electron chi connectivity index (χ0n) is 17.8. The number of aromatic nitrogens is 4. The van der Waals surface area contributed by atoms with E-state index in [9.17, 15) is 18.0 Å². The van der Waals surface area contributed by atoms with Gasteiger partial charge in [0.1, 0.15) is 0 Å². The molecule has 35 heavy (non-hydrogen) atoms. The van der Waals surface area contributed by atoms with Crippen LogP contribution in [0.25, 0.3) is 28.0 Å². The van der Waals surface area contributed by atoms with Crippen LogP contribution in [-0.4, -0.2) is 25.5 Å². The zero-order chi connectivity index (χ0) is 24.6. The van der Waals surface area contributed by atoms with E-state index in [1.807, 2.05) is 18.2 Å². The lowest BCUT2D eigenvalue weighted by Gasteiger charge is -2.12. The van der Waals surface area contributed by atoms with Gasteiger partial charge in [-0.15, -0.1) is 0 Å². The van der Waals surface area contributed by atoms with Crippen LogP contribution >= 0.6 is 11.6 Å². The molecular formula is C25H15ClF3N5O. The molecular weight excluding hydrogens is 479 g/mol. The van der Waals surface area contributed by atoms with Crippen molar-refractivity contribution >= 4 is 28.8 Å². The normalized spacial score (nSPS) is 11.5. The van der Waals surface area contributed by atoms with Gasteiger partial charge in [0, 0.05) is 46.5 Å². The molecule has 5 aromatic rings. The van der Waals surface area contributed by atoms with E-state index in [1.165, 1.54) is 6.07 Å². The molecule has 3 heterocycles. The first kappa shape index (κ1) is 22.5. The summed E-state index contributed by atoms with van der Waals surface area (Å²) in [6.45, 7) is 0. The fourth-order valence-corrected chi connectivity index (χ4v) is 3.90. The average molecular weight is 494 g/mol. The molecule has 6 nitrogen and oxygen atoms in total. The Labute approximate surface area is 202 Å². The Morgan fingerprint density at radius 1 is 0.943 bits per heavy atom. The lowest BCUT2D eigenvalue weighted by atomic mass is 10.1. The van der Waals surface area contributed by atoms with Crippen molar-refractivity contribution in [1.82, 2.24) is 19.6 Å². The lowest BCUT2D eigenvalue weighted by Crippen LogP contribution is -2.14. The molecule has 1 amide bonds. The van der Waals surface area contributed by atoms with Crippen LogP contribution in [0.5, 0.6) is 0 Å². The van der Waals surface area contributed by atoms with Gasteiger partial charge in [0.05, 0.1) is 22.5 Å². The molecule has 0 unspecified atom stereocenters. The second-order valence-corrected chi connectivity index (χ2v) is 8.00. The number of hydrogen-bond acceptors (Lipinski definition) is 4. The van der Waals surface area contributed by atoms with Gasteiger partial charge in [-0.2, -0.15) is 18.3 Å². The molecule has 174 valence electrons. The highest BCUT2D eigenvalue weighted by Crippen LogP contribution is 2.35. The van der Waals surface area contributed by atoms with E-state index in [0.29, 0.717) is 17.0 Å². The summed E-state index contributed by atoms with van der Waals surface area (Å²) in [5.74, 6) is -0.692. The first-order valence-electron chi connectivity index (χ1n) is 10.3. The van der Waals surface area contributed by atoms with Gasteiger partial charge < -0.3 is 5.32 Å². The van der Waals surface area contributed by atoms with Crippen molar-refractivity contribution in [3.05, 3.63) is 102 Å². The van der Waals surface area contributed by atoms with E-state index < -0.39 is 22.7 Å². The standard InChI is InChI=1S/C25H15ClF3N5O/c26-21-7-6-16(12-20(21)25(27,28)29)24(35)33-18-5-1-3-15(11-18)22-8-10-31-23-19(14-32-34(22)23)17-4-2-9-30-13-17/h1-14H,(H,33,35). The number of halogens is 4. The molecule has 0 aliphatic carbocycles. The number of alkyl halides is 3. The summed E-state index contributed by atoms with van der Waals surface area (Å²) in [6, 6.07) is 15.5. The van der Waals surface area contributed by atoms with Crippen LogP contribution in [0.15, 0.2) is 85.5 Å². The molecule has 2 aromatic carbocycles. The van der Waals surface area contributed by atoms with E-state index in [1.54, 1.807) is 53.6 Å². The largest absolute Gasteiger partial charge is 0.417 e. The number of rotatable bonds is 4. The molecule has 0 saturated heterocycles. The highest BCUT2D eigenvalue weighted by Gasteiger charge is 2.33. The van der Waals surface area contributed by atoms with E-state index in [0.717, 1.165) is 28.8 Å². The minimum atomic E-state index is -4.67.